The van der Waals surface area contributed by atoms with Crippen LogP contribution in [-0.2, 0) is 9.59 Å². The van der Waals surface area contributed by atoms with Gasteiger partial charge in [-0.25, -0.2) is 9.97 Å². The van der Waals surface area contributed by atoms with E-state index in [0.717, 1.165) is 106 Å². The SMILES string of the molecule is CN(C)C(C(=O)N1CCC[C@H]1c1ncc(-c2ccc3cc4cc(-c5cnc([C@@H]6CCCN6C(=O)[C@@H](c6ccccc6)N(C)C)[nH]5)ccc4cc3c2)[nH]1)c1ccccc1. The summed E-state index contributed by atoms with van der Waals surface area (Å²) in [6.07, 6.45) is 7.44. The number of likely N-dealkylation sites (tertiary alicyclic amines) is 2. The topological polar surface area (TPSA) is 104 Å². The maximum Gasteiger partial charge on any atom is 0.245 e. The van der Waals surface area contributed by atoms with Crippen LogP contribution in [0.4, 0.5) is 0 Å². The van der Waals surface area contributed by atoms with Crippen molar-refractivity contribution in [2.45, 2.75) is 49.9 Å². The number of aromatic nitrogens is 4. The number of carbonyl (C=O) groups excluding carboxylic acids is 2. The fourth-order valence-corrected chi connectivity index (χ4v) is 9.18. The molecule has 2 aromatic heterocycles. The van der Waals surface area contributed by atoms with Crippen molar-refractivity contribution in [3.8, 4) is 22.5 Å². The van der Waals surface area contributed by atoms with Crippen LogP contribution in [0.5, 0.6) is 0 Å². The molecule has 10 nitrogen and oxygen atoms in total. The minimum atomic E-state index is -0.346. The molecule has 0 spiro atoms. The summed E-state index contributed by atoms with van der Waals surface area (Å²) in [7, 11) is 7.86. The molecule has 2 N–H and O–H groups in total. The van der Waals surface area contributed by atoms with Gasteiger partial charge in [0.05, 0.1) is 35.9 Å². The monoisotopic (exact) mass is 770 g/mol. The summed E-state index contributed by atoms with van der Waals surface area (Å²) in [5, 5.41) is 4.58. The Kier molecular flexibility index (Phi) is 10.1. The van der Waals surface area contributed by atoms with E-state index >= 15 is 0 Å². The minimum Gasteiger partial charge on any atom is -0.340 e. The van der Waals surface area contributed by atoms with E-state index in [4.69, 9.17) is 9.97 Å². The van der Waals surface area contributed by atoms with E-state index in [1.165, 1.54) is 0 Å². The van der Waals surface area contributed by atoms with Gasteiger partial charge >= 0.3 is 0 Å². The second-order valence-corrected chi connectivity index (χ2v) is 16.3. The first-order chi connectivity index (χ1) is 28.2. The van der Waals surface area contributed by atoms with Gasteiger partial charge in [0.25, 0.3) is 0 Å². The summed E-state index contributed by atoms with van der Waals surface area (Å²) >= 11 is 0. The highest BCUT2D eigenvalue weighted by atomic mass is 16.2. The second kappa shape index (κ2) is 15.7. The standard InChI is InChI=1S/C48H50N8O2/c1-53(2)43(31-13-7-5-8-14-31)47(57)55-23-11-17-41(55)45-49-29-39(51-45)35-21-19-33-26-38-28-36(22-20-34(38)25-37(33)27-35)40-30-50-46(52-40)42-18-12-24-56(42)48(58)44(54(3)4)32-15-9-6-10-16-32/h5-10,13-16,19-22,25-30,41-44H,11-12,17-18,23-24H2,1-4H3,(H,49,51)(H,50,52)/t41-,42-,43+,44?/m0/s1. The predicted molar refractivity (Wildman–Crippen MR) is 230 cm³/mol. The molecule has 4 heterocycles. The molecule has 58 heavy (non-hydrogen) atoms. The Bertz CT molecular complexity index is 2400. The Morgan fingerprint density at radius 1 is 0.569 bits per heavy atom. The summed E-state index contributed by atoms with van der Waals surface area (Å²) in [6.45, 7) is 1.44. The number of nitrogens with one attached hydrogen (secondary N) is 2. The number of imidazole rings is 2. The number of rotatable bonds is 10. The lowest BCUT2D eigenvalue weighted by atomic mass is 9.99. The lowest BCUT2D eigenvalue weighted by molar-refractivity contribution is -0.138. The van der Waals surface area contributed by atoms with Crippen LogP contribution in [0, 0.1) is 0 Å². The van der Waals surface area contributed by atoms with Gasteiger partial charge in [0.1, 0.15) is 23.7 Å². The smallest absolute Gasteiger partial charge is 0.245 e. The van der Waals surface area contributed by atoms with Crippen LogP contribution in [0.15, 0.2) is 122 Å². The van der Waals surface area contributed by atoms with Crippen LogP contribution in [-0.4, -0.2) is 92.6 Å². The zero-order valence-electron chi connectivity index (χ0n) is 33.6. The van der Waals surface area contributed by atoms with Gasteiger partial charge in [-0.1, -0.05) is 84.9 Å². The fraction of sp³-hybridized carbons (Fsp3) is 0.292. The molecule has 7 aromatic rings. The van der Waals surface area contributed by atoms with Crippen molar-refractivity contribution in [2.75, 3.05) is 41.3 Å². The Labute approximate surface area is 339 Å². The van der Waals surface area contributed by atoms with Gasteiger partial charge in [-0.3, -0.25) is 19.4 Å². The molecule has 294 valence electrons. The number of fused-ring (bicyclic) bond motifs is 2. The predicted octanol–water partition coefficient (Wildman–Crippen LogP) is 8.71. The molecule has 5 aromatic carbocycles. The van der Waals surface area contributed by atoms with Crippen LogP contribution in [0.1, 0.15) is 72.6 Å². The summed E-state index contributed by atoms with van der Waals surface area (Å²) in [5.74, 6) is 1.87. The largest absolute Gasteiger partial charge is 0.340 e. The van der Waals surface area contributed by atoms with Crippen molar-refractivity contribution in [3.05, 3.63) is 144 Å². The maximum absolute atomic E-state index is 14.0. The summed E-state index contributed by atoms with van der Waals surface area (Å²) in [5.41, 5.74) is 5.98. The molecule has 10 heteroatoms. The molecule has 2 saturated heterocycles. The molecule has 2 amide bonds. The van der Waals surface area contributed by atoms with Crippen LogP contribution in [0.3, 0.4) is 0 Å². The third kappa shape index (κ3) is 7.07. The van der Waals surface area contributed by atoms with Gasteiger partial charge in [0.15, 0.2) is 0 Å². The molecule has 0 radical (unpaired) electrons. The first-order valence-corrected chi connectivity index (χ1v) is 20.4. The van der Waals surface area contributed by atoms with Gasteiger partial charge < -0.3 is 19.8 Å². The lowest BCUT2D eigenvalue weighted by Crippen LogP contribution is -2.40. The average molecular weight is 771 g/mol. The zero-order valence-corrected chi connectivity index (χ0v) is 33.6. The highest BCUT2D eigenvalue weighted by Gasteiger charge is 2.38. The van der Waals surface area contributed by atoms with Crippen LogP contribution in [0.2, 0.25) is 0 Å². The highest BCUT2D eigenvalue weighted by Crippen LogP contribution is 2.38. The minimum absolute atomic E-state index is 0.0911. The van der Waals surface area contributed by atoms with Crippen molar-refractivity contribution in [2.24, 2.45) is 0 Å². The first kappa shape index (κ1) is 37.5. The van der Waals surface area contributed by atoms with Crippen LogP contribution in [0.25, 0.3) is 44.1 Å². The van der Waals surface area contributed by atoms with Crippen molar-refractivity contribution >= 4 is 33.4 Å². The molecular weight excluding hydrogens is 721 g/mol. The molecule has 2 aliphatic heterocycles. The number of benzene rings is 5. The number of aromatic amines is 2. The molecule has 0 bridgehead atoms. The van der Waals surface area contributed by atoms with E-state index in [2.05, 4.69) is 58.5 Å². The third-order valence-corrected chi connectivity index (χ3v) is 12.0. The van der Waals surface area contributed by atoms with Crippen LogP contribution >= 0.6 is 0 Å². The number of hydrogen-bond acceptors (Lipinski definition) is 6. The van der Waals surface area contributed by atoms with Gasteiger partial charge in [0, 0.05) is 24.2 Å². The Balaban J connectivity index is 0.928. The van der Waals surface area contributed by atoms with E-state index < -0.39 is 0 Å². The maximum atomic E-state index is 14.0. The van der Waals surface area contributed by atoms with Gasteiger partial charge in [-0.15, -0.1) is 0 Å². The average Bonchev–Trinajstić information content (AvgIpc) is 4.07. The van der Waals surface area contributed by atoms with Gasteiger partial charge in [-0.2, -0.15) is 0 Å². The molecule has 9 rings (SSSR count). The molecule has 0 saturated carbocycles. The normalized spacial score (nSPS) is 18.2. The van der Waals surface area contributed by atoms with Gasteiger partial charge in [-0.05, 0) is 111 Å². The van der Waals surface area contributed by atoms with E-state index in [-0.39, 0.29) is 36.0 Å². The van der Waals surface area contributed by atoms with Crippen LogP contribution < -0.4 is 0 Å². The molecule has 2 fully saturated rings. The fourth-order valence-electron chi connectivity index (χ4n) is 9.18. The number of nitrogens with zero attached hydrogens (tertiary/aromatic N) is 6. The highest BCUT2D eigenvalue weighted by molar-refractivity contribution is 6.01. The Morgan fingerprint density at radius 3 is 1.38 bits per heavy atom. The number of H-pyrrole nitrogens is 2. The van der Waals surface area contributed by atoms with E-state index in [0.29, 0.717) is 0 Å². The first-order valence-electron chi connectivity index (χ1n) is 20.4. The molecule has 2 aliphatic rings. The van der Waals surface area contributed by atoms with Crippen molar-refractivity contribution in [1.29, 1.82) is 0 Å². The van der Waals surface area contributed by atoms with E-state index in [1.54, 1.807) is 0 Å². The third-order valence-electron chi connectivity index (χ3n) is 12.0. The number of hydrogen-bond donors (Lipinski definition) is 2. The Hall–Kier alpha value is -6.10. The van der Waals surface area contributed by atoms with E-state index in [1.807, 2.05) is 121 Å². The summed E-state index contributed by atoms with van der Waals surface area (Å²) in [6, 6.07) is 36.7. The quantitative estimate of drug-likeness (QED) is 0.135. The van der Waals surface area contributed by atoms with E-state index in [9.17, 15) is 9.59 Å². The second-order valence-electron chi connectivity index (χ2n) is 16.3. The summed E-state index contributed by atoms with van der Waals surface area (Å²) < 4.78 is 0. The molecular formula is C48H50N8O2. The summed E-state index contributed by atoms with van der Waals surface area (Å²) in [4.78, 5) is 52.8. The number of carbonyl (C=O) groups is 2. The number of amides is 2. The van der Waals surface area contributed by atoms with Crippen molar-refractivity contribution < 1.29 is 9.59 Å². The molecule has 0 aliphatic carbocycles. The Morgan fingerprint density at radius 2 is 0.983 bits per heavy atom. The van der Waals surface area contributed by atoms with Gasteiger partial charge in [0.2, 0.25) is 11.8 Å². The molecule has 4 atom stereocenters. The van der Waals surface area contributed by atoms with Crippen molar-refractivity contribution in [1.82, 2.24) is 39.5 Å². The molecule has 1 unspecified atom stereocenters. The van der Waals surface area contributed by atoms with Crippen molar-refractivity contribution in [3.63, 3.8) is 0 Å². The zero-order chi connectivity index (χ0) is 39.9. The lowest BCUT2D eigenvalue weighted by Gasteiger charge is -2.31. The number of likely N-dealkylation sites (N-methyl/N-ethyl adjacent to an activating group) is 2.